The van der Waals surface area contributed by atoms with E-state index in [2.05, 4.69) is 15.5 Å². The number of rotatable bonds is 5. The molecule has 26 heavy (non-hydrogen) atoms. The molecule has 0 saturated carbocycles. The molecule has 0 spiro atoms. The monoisotopic (exact) mass is 389 g/mol. The van der Waals surface area contributed by atoms with Crippen molar-refractivity contribution in [1.82, 2.24) is 15.5 Å². The summed E-state index contributed by atoms with van der Waals surface area (Å²) in [4.78, 5) is 12.2. The van der Waals surface area contributed by atoms with Crippen molar-refractivity contribution in [2.75, 3.05) is 0 Å². The molecule has 3 aromatic rings. The van der Waals surface area contributed by atoms with Crippen LogP contribution in [-0.4, -0.2) is 21.2 Å². The Morgan fingerprint density at radius 1 is 1.19 bits per heavy atom. The first-order valence-electron chi connectivity index (χ1n) is 7.54. The third-order valence-electron chi connectivity index (χ3n) is 3.35. The molecule has 8 heteroatoms. The van der Waals surface area contributed by atoms with Crippen molar-refractivity contribution in [2.24, 2.45) is 0 Å². The van der Waals surface area contributed by atoms with E-state index in [-0.39, 0.29) is 29.0 Å². The normalized spacial score (nSPS) is 11.4. The van der Waals surface area contributed by atoms with Crippen LogP contribution in [0.15, 0.2) is 48.5 Å². The lowest BCUT2D eigenvalue weighted by Crippen LogP contribution is -2.22. The lowest BCUT2D eigenvalue weighted by atomic mass is 10.2. The van der Waals surface area contributed by atoms with Crippen molar-refractivity contribution >= 4 is 40.0 Å². The number of halogens is 2. The first-order valence-corrected chi connectivity index (χ1v) is 8.73. The van der Waals surface area contributed by atoms with Crippen LogP contribution in [0.4, 0.5) is 4.39 Å². The van der Waals surface area contributed by atoms with E-state index in [0.717, 1.165) is 16.9 Å². The number of nitrogens with one attached hydrogen (secondary N) is 1. The smallest absolute Gasteiger partial charge is 0.282 e. The van der Waals surface area contributed by atoms with Gasteiger partial charge in [-0.2, -0.15) is 0 Å². The zero-order chi connectivity index (χ0) is 18.5. The van der Waals surface area contributed by atoms with E-state index < -0.39 is 0 Å². The van der Waals surface area contributed by atoms with Crippen LogP contribution in [0.3, 0.4) is 0 Å². The summed E-state index contributed by atoms with van der Waals surface area (Å²) in [6, 6.07) is 12.4. The van der Waals surface area contributed by atoms with Gasteiger partial charge in [0.05, 0.1) is 5.03 Å². The van der Waals surface area contributed by atoms with Gasteiger partial charge < -0.3 is 10.4 Å². The Kier molecular flexibility index (Phi) is 5.60. The molecule has 0 aliphatic carbocycles. The minimum atomic E-state index is -0.389. The molecule has 0 aliphatic heterocycles. The number of nitrogens with zero attached hydrogens (tertiary/aromatic N) is 2. The molecule has 3 rings (SSSR count). The van der Waals surface area contributed by atoms with Crippen LogP contribution in [0.25, 0.3) is 11.1 Å². The van der Waals surface area contributed by atoms with Gasteiger partial charge in [-0.15, -0.1) is 10.2 Å². The molecule has 132 valence electrons. The van der Waals surface area contributed by atoms with Crippen molar-refractivity contribution < 1.29 is 14.3 Å². The fourth-order valence-electron chi connectivity index (χ4n) is 2.09. The first kappa shape index (κ1) is 18.0. The number of phenolic OH excluding ortho intramolecular Hbond substituents is 1. The van der Waals surface area contributed by atoms with Crippen molar-refractivity contribution in [3.63, 3.8) is 0 Å². The minimum Gasteiger partial charge on any atom is -0.508 e. The Bertz CT molecular complexity index is 957. The maximum absolute atomic E-state index is 12.9. The number of benzene rings is 2. The molecule has 0 radical (unpaired) electrons. The minimum absolute atomic E-state index is 0.126. The van der Waals surface area contributed by atoms with E-state index in [1.54, 1.807) is 42.5 Å². The molecule has 0 atom stereocenters. The van der Waals surface area contributed by atoms with Crippen molar-refractivity contribution in [3.8, 4) is 5.75 Å². The van der Waals surface area contributed by atoms with E-state index in [1.165, 1.54) is 12.1 Å². The van der Waals surface area contributed by atoms with E-state index in [0.29, 0.717) is 15.6 Å². The standard InChI is InChI=1S/C18H13ClFN3O2S/c19-15(9-12-2-1-3-14(24)8-12)17-22-23-18(26-17)16(25)21-10-11-4-6-13(20)7-5-11/h1-9,24H,10H2,(H,21,25)/b15-9-. The lowest BCUT2D eigenvalue weighted by molar-refractivity contribution is 0.0950. The number of phenols is 1. The number of hydrogen-bond acceptors (Lipinski definition) is 5. The van der Waals surface area contributed by atoms with Crippen LogP contribution in [0, 0.1) is 5.82 Å². The summed E-state index contributed by atoms with van der Waals surface area (Å²) in [7, 11) is 0. The van der Waals surface area contributed by atoms with Crippen molar-refractivity contribution in [1.29, 1.82) is 0 Å². The van der Waals surface area contributed by atoms with Gasteiger partial charge in [0.25, 0.3) is 5.91 Å². The molecule has 1 heterocycles. The van der Waals surface area contributed by atoms with E-state index in [4.69, 9.17) is 11.6 Å². The second kappa shape index (κ2) is 8.07. The summed E-state index contributed by atoms with van der Waals surface area (Å²) < 4.78 is 12.9. The Hall–Kier alpha value is -2.77. The fourth-order valence-corrected chi connectivity index (χ4v) is 3.04. The quantitative estimate of drug-likeness (QED) is 0.690. The number of carbonyl (C=O) groups excluding carboxylic acids is 1. The van der Waals surface area contributed by atoms with Crippen molar-refractivity contribution in [2.45, 2.75) is 6.54 Å². The van der Waals surface area contributed by atoms with E-state index in [9.17, 15) is 14.3 Å². The van der Waals surface area contributed by atoms with Crippen LogP contribution in [0.5, 0.6) is 5.75 Å². The topological polar surface area (TPSA) is 75.1 Å². The number of amides is 1. The molecule has 2 aromatic carbocycles. The third kappa shape index (κ3) is 4.65. The van der Waals surface area contributed by atoms with Gasteiger partial charge in [-0.25, -0.2) is 4.39 Å². The summed E-state index contributed by atoms with van der Waals surface area (Å²) >= 11 is 7.27. The lowest BCUT2D eigenvalue weighted by Gasteiger charge is -2.02. The highest BCUT2D eigenvalue weighted by Gasteiger charge is 2.14. The molecule has 0 unspecified atom stereocenters. The Morgan fingerprint density at radius 3 is 2.65 bits per heavy atom. The molecule has 0 saturated heterocycles. The zero-order valence-electron chi connectivity index (χ0n) is 13.3. The molecular formula is C18H13ClFN3O2S. The predicted molar refractivity (Wildman–Crippen MR) is 99.3 cm³/mol. The van der Waals surface area contributed by atoms with Gasteiger partial charge in [0.1, 0.15) is 11.6 Å². The highest BCUT2D eigenvalue weighted by Crippen LogP contribution is 2.26. The van der Waals surface area contributed by atoms with Gasteiger partial charge in [0.15, 0.2) is 5.01 Å². The fraction of sp³-hybridized carbons (Fsp3) is 0.0556. The maximum Gasteiger partial charge on any atom is 0.282 e. The largest absolute Gasteiger partial charge is 0.508 e. The van der Waals surface area contributed by atoms with Crippen LogP contribution >= 0.6 is 22.9 Å². The van der Waals surface area contributed by atoms with Crippen LogP contribution in [0.1, 0.15) is 25.9 Å². The Morgan fingerprint density at radius 2 is 1.92 bits per heavy atom. The average molecular weight is 390 g/mol. The number of hydrogen-bond donors (Lipinski definition) is 2. The summed E-state index contributed by atoms with van der Waals surface area (Å²) in [5, 5.41) is 20.8. The molecule has 5 nitrogen and oxygen atoms in total. The molecule has 0 fully saturated rings. The number of carbonyl (C=O) groups is 1. The SMILES string of the molecule is O=C(NCc1ccc(F)cc1)c1nnc(/C(Cl)=C/c2cccc(O)c2)s1. The van der Waals surface area contributed by atoms with E-state index >= 15 is 0 Å². The molecule has 2 N–H and O–H groups in total. The maximum atomic E-state index is 12.9. The molecular weight excluding hydrogens is 377 g/mol. The van der Waals surface area contributed by atoms with Gasteiger partial charge in [0.2, 0.25) is 5.01 Å². The summed E-state index contributed by atoms with van der Waals surface area (Å²) in [5.74, 6) is -0.594. The first-order chi connectivity index (χ1) is 12.5. The summed E-state index contributed by atoms with van der Waals surface area (Å²) in [6.07, 6.45) is 1.63. The average Bonchev–Trinajstić information content (AvgIpc) is 3.11. The van der Waals surface area contributed by atoms with Gasteiger partial charge in [-0.05, 0) is 41.5 Å². The predicted octanol–water partition coefficient (Wildman–Crippen LogP) is 4.05. The second-order valence-electron chi connectivity index (χ2n) is 5.31. The van der Waals surface area contributed by atoms with Crippen LogP contribution in [-0.2, 0) is 6.54 Å². The van der Waals surface area contributed by atoms with Gasteiger partial charge in [-0.3, -0.25) is 4.79 Å². The summed E-state index contributed by atoms with van der Waals surface area (Å²) in [5.41, 5.74) is 1.47. The molecule has 1 amide bonds. The molecule has 0 aliphatic rings. The van der Waals surface area contributed by atoms with Gasteiger partial charge in [-0.1, -0.05) is 47.2 Å². The zero-order valence-corrected chi connectivity index (χ0v) is 14.9. The molecule has 0 bridgehead atoms. The highest BCUT2D eigenvalue weighted by molar-refractivity contribution is 7.15. The van der Waals surface area contributed by atoms with Crippen LogP contribution in [0.2, 0.25) is 0 Å². The number of aromatic hydroxyl groups is 1. The van der Waals surface area contributed by atoms with Crippen LogP contribution < -0.4 is 5.32 Å². The Labute approximate surface area is 157 Å². The molecule has 1 aromatic heterocycles. The van der Waals surface area contributed by atoms with E-state index in [1.807, 2.05) is 0 Å². The van der Waals surface area contributed by atoms with Gasteiger partial charge >= 0.3 is 0 Å². The number of aromatic nitrogens is 2. The third-order valence-corrected chi connectivity index (χ3v) is 4.71. The Balaban J connectivity index is 1.66. The second-order valence-corrected chi connectivity index (χ2v) is 6.69. The summed E-state index contributed by atoms with van der Waals surface area (Å²) in [6.45, 7) is 0.251. The van der Waals surface area contributed by atoms with Crippen molar-refractivity contribution in [3.05, 3.63) is 75.5 Å². The highest BCUT2D eigenvalue weighted by atomic mass is 35.5. The van der Waals surface area contributed by atoms with Gasteiger partial charge in [0, 0.05) is 6.54 Å².